The molecule has 2 amide bonds. The normalized spacial score (nSPS) is 10.6. The monoisotopic (exact) mass is 404 g/mol. The Morgan fingerprint density at radius 2 is 1.84 bits per heavy atom. The molecule has 0 saturated carbocycles. The Balaban J connectivity index is 2.14. The van der Waals surface area contributed by atoms with E-state index in [2.05, 4.69) is 35.1 Å². The van der Waals surface area contributed by atoms with Crippen molar-refractivity contribution in [2.75, 3.05) is 11.9 Å². The summed E-state index contributed by atoms with van der Waals surface area (Å²) in [7, 11) is 0. The second kappa shape index (κ2) is 8.67. The van der Waals surface area contributed by atoms with Crippen LogP contribution in [-0.2, 0) is 0 Å². The Kier molecular flexibility index (Phi) is 6.58. The van der Waals surface area contributed by atoms with Gasteiger partial charge in [0.15, 0.2) is 0 Å². The molecule has 2 rings (SSSR count). The molecular formula is C19H21BrN2O3. The van der Waals surface area contributed by atoms with Gasteiger partial charge in [0.1, 0.15) is 5.75 Å². The van der Waals surface area contributed by atoms with Crippen molar-refractivity contribution in [1.29, 1.82) is 0 Å². The topological polar surface area (TPSA) is 81.4 Å². The molecule has 0 bridgehead atoms. The zero-order valence-corrected chi connectivity index (χ0v) is 15.8. The average Bonchev–Trinajstić information content (AvgIpc) is 2.56. The molecule has 0 atom stereocenters. The van der Waals surface area contributed by atoms with E-state index in [1.54, 1.807) is 36.4 Å². The van der Waals surface area contributed by atoms with E-state index in [1.807, 2.05) is 6.07 Å². The van der Waals surface area contributed by atoms with Gasteiger partial charge in [-0.1, -0.05) is 29.8 Å². The molecule has 0 fully saturated rings. The van der Waals surface area contributed by atoms with E-state index in [1.165, 1.54) is 0 Å². The summed E-state index contributed by atoms with van der Waals surface area (Å²) in [5.74, 6) is 0.268. The Morgan fingerprint density at radius 1 is 1.16 bits per heavy atom. The van der Waals surface area contributed by atoms with E-state index in [4.69, 9.17) is 10.5 Å². The molecule has 0 aliphatic carbocycles. The number of nitrogens with two attached hydrogens (primary N) is 1. The van der Waals surface area contributed by atoms with Crippen molar-refractivity contribution in [3.63, 3.8) is 0 Å². The van der Waals surface area contributed by atoms with Gasteiger partial charge in [0.2, 0.25) is 5.91 Å². The molecule has 25 heavy (non-hydrogen) atoms. The van der Waals surface area contributed by atoms with Crippen molar-refractivity contribution in [2.24, 2.45) is 11.7 Å². The van der Waals surface area contributed by atoms with Crippen molar-refractivity contribution in [3.05, 3.63) is 58.1 Å². The molecular weight excluding hydrogens is 384 g/mol. The van der Waals surface area contributed by atoms with Crippen LogP contribution in [0.3, 0.4) is 0 Å². The Bertz CT molecular complexity index is 758. The Labute approximate surface area is 155 Å². The van der Waals surface area contributed by atoms with Crippen LogP contribution in [-0.4, -0.2) is 18.4 Å². The van der Waals surface area contributed by atoms with Crippen molar-refractivity contribution >= 4 is 33.4 Å². The lowest BCUT2D eigenvalue weighted by atomic mass is 10.1. The van der Waals surface area contributed by atoms with Crippen molar-refractivity contribution in [1.82, 2.24) is 0 Å². The van der Waals surface area contributed by atoms with Gasteiger partial charge in [-0.05, 0) is 54.8 Å². The molecule has 0 radical (unpaired) electrons. The molecule has 6 heteroatoms. The van der Waals surface area contributed by atoms with Crippen LogP contribution in [0.25, 0.3) is 0 Å². The van der Waals surface area contributed by atoms with E-state index in [-0.39, 0.29) is 5.91 Å². The number of carbonyl (C=O) groups is 2. The summed E-state index contributed by atoms with van der Waals surface area (Å²) in [6.07, 6.45) is 0.908. The number of halogens is 1. The number of ether oxygens (including phenoxy) is 1. The minimum atomic E-state index is -0.509. The molecule has 2 aromatic carbocycles. The number of hydrogen-bond acceptors (Lipinski definition) is 3. The predicted molar refractivity (Wildman–Crippen MR) is 102 cm³/mol. The van der Waals surface area contributed by atoms with Crippen LogP contribution in [0.1, 0.15) is 41.0 Å². The molecule has 3 N–H and O–H groups in total. The molecule has 0 aliphatic heterocycles. The minimum absolute atomic E-state index is 0.285. The SMILES string of the molecule is CC(C)CCOc1ccc(Br)cc1C(=O)Nc1ccc(C(N)=O)cc1. The minimum Gasteiger partial charge on any atom is -0.493 e. The predicted octanol–water partition coefficient (Wildman–Crippen LogP) is 4.23. The van der Waals surface area contributed by atoms with Gasteiger partial charge in [0.25, 0.3) is 5.91 Å². The van der Waals surface area contributed by atoms with Crippen LogP contribution < -0.4 is 15.8 Å². The number of hydrogen-bond donors (Lipinski definition) is 2. The number of primary amides is 1. The highest BCUT2D eigenvalue weighted by Gasteiger charge is 2.14. The van der Waals surface area contributed by atoms with Crippen molar-refractivity contribution in [2.45, 2.75) is 20.3 Å². The van der Waals surface area contributed by atoms with Crippen LogP contribution in [0.4, 0.5) is 5.69 Å². The molecule has 0 heterocycles. The van der Waals surface area contributed by atoms with E-state index in [0.29, 0.717) is 35.1 Å². The number of nitrogens with one attached hydrogen (secondary N) is 1. The summed E-state index contributed by atoms with van der Waals surface area (Å²) >= 11 is 3.38. The first-order valence-electron chi connectivity index (χ1n) is 8.00. The highest BCUT2D eigenvalue weighted by molar-refractivity contribution is 9.10. The molecule has 5 nitrogen and oxygen atoms in total. The smallest absolute Gasteiger partial charge is 0.259 e. The second-order valence-electron chi connectivity index (χ2n) is 6.07. The molecule has 2 aromatic rings. The summed E-state index contributed by atoms with van der Waals surface area (Å²) in [5.41, 5.74) is 6.61. The molecule has 0 aromatic heterocycles. The van der Waals surface area contributed by atoms with Gasteiger partial charge in [-0.3, -0.25) is 9.59 Å². The van der Waals surface area contributed by atoms with Crippen LogP contribution in [0.15, 0.2) is 46.9 Å². The summed E-state index contributed by atoms with van der Waals surface area (Å²) in [5, 5.41) is 2.80. The fourth-order valence-corrected chi connectivity index (χ4v) is 2.49. The second-order valence-corrected chi connectivity index (χ2v) is 6.98. The van der Waals surface area contributed by atoms with Gasteiger partial charge >= 0.3 is 0 Å². The highest BCUT2D eigenvalue weighted by atomic mass is 79.9. The summed E-state index contributed by atoms with van der Waals surface area (Å²) < 4.78 is 6.56. The van der Waals surface area contributed by atoms with Crippen LogP contribution in [0.5, 0.6) is 5.75 Å². The van der Waals surface area contributed by atoms with Gasteiger partial charge in [-0.25, -0.2) is 0 Å². The average molecular weight is 405 g/mol. The maximum absolute atomic E-state index is 12.6. The van der Waals surface area contributed by atoms with Crippen molar-refractivity contribution < 1.29 is 14.3 Å². The third kappa shape index (κ3) is 5.60. The highest BCUT2D eigenvalue weighted by Crippen LogP contribution is 2.25. The largest absolute Gasteiger partial charge is 0.493 e. The number of carbonyl (C=O) groups excluding carboxylic acids is 2. The van der Waals surface area contributed by atoms with E-state index < -0.39 is 5.91 Å². The Hall–Kier alpha value is -2.34. The first kappa shape index (κ1) is 19.0. The molecule has 0 aliphatic rings. The maximum Gasteiger partial charge on any atom is 0.259 e. The standard InChI is InChI=1S/C19H21BrN2O3/c1-12(2)9-10-25-17-8-5-14(20)11-16(17)19(24)22-15-6-3-13(4-7-15)18(21)23/h3-8,11-12H,9-10H2,1-2H3,(H2,21,23)(H,22,24). The van der Waals surface area contributed by atoms with Crippen LogP contribution >= 0.6 is 15.9 Å². The first-order valence-corrected chi connectivity index (χ1v) is 8.79. The third-order valence-corrected chi connectivity index (χ3v) is 4.06. The van der Waals surface area contributed by atoms with Gasteiger partial charge in [0, 0.05) is 15.7 Å². The van der Waals surface area contributed by atoms with Gasteiger partial charge in [0.05, 0.1) is 12.2 Å². The lowest BCUT2D eigenvalue weighted by Gasteiger charge is -2.13. The lowest BCUT2D eigenvalue weighted by Crippen LogP contribution is -2.15. The Morgan fingerprint density at radius 3 is 2.44 bits per heavy atom. The van der Waals surface area contributed by atoms with E-state index >= 15 is 0 Å². The third-order valence-electron chi connectivity index (χ3n) is 3.57. The fourth-order valence-electron chi connectivity index (χ4n) is 2.13. The molecule has 0 saturated heterocycles. The molecule has 132 valence electrons. The summed E-state index contributed by atoms with van der Waals surface area (Å²) in [6, 6.07) is 11.7. The van der Waals surface area contributed by atoms with Gasteiger partial charge in [-0.15, -0.1) is 0 Å². The van der Waals surface area contributed by atoms with E-state index in [0.717, 1.165) is 10.9 Å². The maximum atomic E-state index is 12.6. The van der Waals surface area contributed by atoms with Crippen LogP contribution in [0.2, 0.25) is 0 Å². The summed E-state index contributed by atoms with van der Waals surface area (Å²) in [4.78, 5) is 23.7. The number of anilines is 1. The van der Waals surface area contributed by atoms with E-state index in [9.17, 15) is 9.59 Å². The number of amides is 2. The van der Waals surface area contributed by atoms with Gasteiger partial charge in [-0.2, -0.15) is 0 Å². The fraction of sp³-hybridized carbons (Fsp3) is 0.263. The number of rotatable bonds is 7. The first-order chi connectivity index (χ1) is 11.9. The molecule has 0 unspecified atom stereocenters. The van der Waals surface area contributed by atoms with Crippen molar-refractivity contribution in [3.8, 4) is 5.75 Å². The van der Waals surface area contributed by atoms with Gasteiger partial charge < -0.3 is 15.8 Å². The zero-order chi connectivity index (χ0) is 18.4. The lowest BCUT2D eigenvalue weighted by molar-refractivity contribution is 0.0997. The zero-order valence-electron chi connectivity index (χ0n) is 14.2. The molecule has 0 spiro atoms. The quantitative estimate of drug-likeness (QED) is 0.724. The summed E-state index contributed by atoms with van der Waals surface area (Å²) in [6.45, 7) is 4.79. The van der Waals surface area contributed by atoms with Crippen LogP contribution in [0, 0.1) is 5.92 Å². The number of benzene rings is 2.